The first-order valence-electron chi connectivity index (χ1n) is 10.4. The summed E-state index contributed by atoms with van der Waals surface area (Å²) in [6.07, 6.45) is -0.484. The number of benzene rings is 1. The topological polar surface area (TPSA) is 84.9 Å². The summed E-state index contributed by atoms with van der Waals surface area (Å²) in [6, 6.07) is 7.14. The van der Waals surface area contributed by atoms with Gasteiger partial charge in [0.1, 0.15) is 5.76 Å². The molecular formula is C22H21F3N4O4. The number of hydrogen-bond donors (Lipinski definition) is 0. The number of halogens is 3. The number of unbranched alkanes of at least 4 members (excludes halogenated alkanes) is 1. The maximum atomic E-state index is 12.6. The zero-order valence-corrected chi connectivity index (χ0v) is 17.5. The zero-order valence-electron chi connectivity index (χ0n) is 17.5. The molecule has 2 aliphatic rings. The summed E-state index contributed by atoms with van der Waals surface area (Å²) in [4.78, 5) is 34.9. The Labute approximate surface area is 187 Å². The number of aromatic nitrogens is 2. The molecule has 0 saturated carbocycles. The average Bonchev–Trinajstić information content (AvgIpc) is 3.14. The molecule has 1 saturated heterocycles. The number of anilines is 1. The van der Waals surface area contributed by atoms with Crippen molar-refractivity contribution < 1.29 is 32.2 Å². The molecule has 0 radical (unpaired) electrons. The molecule has 1 aromatic carbocycles. The van der Waals surface area contributed by atoms with Crippen LogP contribution in [0.3, 0.4) is 0 Å². The molecule has 8 nitrogen and oxygen atoms in total. The summed E-state index contributed by atoms with van der Waals surface area (Å²) < 4.78 is 48.5. The Morgan fingerprint density at radius 2 is 1.76 bits per heavy atom. The maximum Gasteiger partial charge on any atom is 0.419 e. The van der Waals surface area contributed by atoms with E-state index in [0.29, 0.717) is 50.3 Å². The number of carbonyl (C=O) groups excluding carboxylic acids is 2. The summed E-state index contributed by atoms with van der Waals surface area (Å²) in [6.45, 7) is 1.68. The number of fused-ring (bicyclic) bond motifs is 1. The normalized spacial score (nSPS) is 17.2. The molecule has 0 bridgehead atoms. The Hall–Kier alpha value is -3.63. The van der Waals surface area contributed by atoms with E-state index >= 15 is 0 Å². The van der Waals surface area contributed by atoms with Gasteiger partial charge in [0.15, 0.2) is 0 Å². The lowest BCUT2D eigenvalue weighted by Crippen LogP contribution is -2.49. The average molecular weight is 462 g/mol. The number of nitrogens with zero attached hydrogens (tertiary/aromatic N) is 4. The Balaban J connectivity index is 1.18. The number of rotatable bonds is 5. The van der Waals surface area contributed by atoms with Crippen LogP contribution in [0.1, 0.15) is 34.3 Å². The molecule has 33 heavy (non-hydrogen) atoms. The van der Waals surface area contributed by atoms with Crippen molar-refractivity contribution in [1.29, 1.82) is 0 Å². The fourth-order valence-corrected chi connectivity index (χ4v) is 3.52. The van der Waals surface area contributed by atoms with Crippen molar-refractivity contribution in [2.24, 2.45) is 0 Å². The minimum Gasteiger partial charge on any atom is -0.449 e. The Kier molecular flexibility index (Phi) is 6.47. The number of allylic oxidation sites excluding steroid dienone is 1. The van der Waals surface area contributed by atoms with E-state index in [0.717, 1.165) is 18.0 Å². The van der Waals surface area contributed by atoms with Gasteiger partial charge in [0.05, 0.1) is 17.7 Å². The quantitative estimate of drug-likeness (QED) is 0.494. The van der Waals surface area contributed by atoms with Crippen LogP contribution in [0.15, 0.2) is 42.7 Å². The predicted octanol–water partition coefficient (Wildman–Crippen LogP) is 3.75. The fraction of sp³-hybridized carbons (Fsp3) is 0.364. The van der Waals surface area contributed by atoms with E-state index in [1.165, 1.54) is 4.90 Å². The van der Waals surface area contributed by atoms with Gasteiger partial charge < -0.3 is 19.3 Å². The van der Waals surface area contributed by atoms with Crippen LogP contribution in [0, 0.1) is 0 Å². The highest BCUT2D eigenvalue weighted by molar-refractivity contribution is 6.02. The lowest BCUT2D eigenvalue weighted by Gasteiger charge is -2.34. The number of cyclic esters (lactones) is 1. The number of amides is 1. The second kappa shape index (κ2) is 9.47. The number of carbonyl (C=O) groups is 2. The van der Waals surface area contributed by atoms with Crippen molar-refractivity contribution >= 4 is 23.8 Å². The summed E-state index contributed by atoms with van der Waals surface area (Å²) >= 11 is 0. The molecule has 174 valence electrons. The fourth-order valence-electron chi connectivity index (χ4n) is 3.52. The summed E-state index contributed by atoms with van der Waals surface area (Å²) in [7, 11) is 0. The lowest BCUT2D eigenvalue weighted by molar-refractivity contribution is -0.138. The minimum atomic E-state index is -4.48. The third kappa shape index (κ3) is 5.24. The van der Waals surface area contributed by atoms with Crippen LogP contribution in [0.25, 0.3) is 5.76 Å². The van der Waals surface area contributed by atoms with Gasteiger partial charge in [0.2, 0.25) is 5.95 Å². The lowest BCUT2D eigenvalue weighted by atomic mass is 10.1. The Morgan fingerprint density at radius 1 is 1.09 bits per heavy atom. The third-order valence-corrected chi connectivity index (χ3v) is 5.31. The molecule has 1 amide bonds. The van der Waals surface area contributed by atoms with Crippen LogP contribution in [-0.2, 0) is 15.7 Å². The largest absolute Gasteiger partial charge is 0.449 e. The summed E-state index contributed by atoms with van der Waals surface area (Å²) in [5.74, 6) is 0.339. The number of hydrogen-bond acceptors (Lipinski definition) is 7. The van der Waals surface area contributed by atoms with Gasteiger partial charge >= 0.3 is 18.2 Å². The first-order chi connectivity index (χ1) is 15.8. The summed E-state index contributed by atoms with van der Waals surface area (Å²) in [5, 5.41) is 0. The van der Waals surface area contributed by atoms with Crippen LogP contribution in [-0.4, -0.2) is 59.7 Å². The monoisotopic (exact) mass is 462 g/mol. The summed E-state index contributed by atoms with van der Waals surface area (Å²) in [5.41, 5.74) is 0.393. The molecule has 0 atom stereocenters. The van der Waals surface area contributed by atoms with Gasteiger partial charge in [-0.15, -0.1) is 0 Å². The Bertz CT molecular complexity index is 1050. The first kappa shape index (κ1) is 22.6. The molecule has 2 aromatic rings. The van der Waals surface area contributed by atoms with Crippen LogP contribution < -0.4 is 4.90 Å². The van der Waals surface area contributed by atoms with Gasteiger partial charge in [-0.3, -0.25) is 0 Å². The van der Waals surface area contributed by atoms with Crippen molar-refractivity contribution in [3.8, 4) is 0 Å². The van der Waals surface area contributed by atoms with Gasteiger partial charge in [0.25, 0.3) is 0 Å². The number of piperazine rings is 1. The maximum absolute atomic E-state index is 12.6. The van der Waals surface area contributed by atoms with Gasteiger partial charge in [-0.25, -0.2) is 19.6 Å². The number of ether oxygens (including phenoxy) is 2. The second-order valence-corrected chi connectivity index (χ2v) is 7.50. The molecule has 0 unspecified atom stereocenters. The predicted molar refractivity (Wildman–Crippen MR) is 111 cm³/mol. The van der Waals surface area contributed by atoms with Crippen molar-refractivity contribution in [3.63, 3.8) is 0 Å². The molecule has 3 heterocycles. The second-order valence-electron chi connectivity index (χ2n) is 7.50. The molecule has 1 fully saturated rings. The molecule has 0 spiro atoms. The molecule has 1 aromatic heterocycles. The first-order valence-corrected chi connectivity index (χ1v) is 10.4. The van der Waals surface area contributed by atoms with E-state index in [1.54, 1.807) is 23.1 Å². The van der Waals surface area contributed by atoms with Gasteiger partial charge in [0, 0.05) is 44.1 Å². The van der Waals surface area contributed by atoms with Gasteiger partial charge in [-0.05, 0) is 25.0 Å². The molecule has 4 rings (SSSR count). The van der Waals surface area contributed by atoms with E-state index in [2.05, 4.69) is 9.97 Å². The highest BCUT2D eigenvalue weighted by Gasteiger charge is 2.32. The van der Waals surface area contributed by atoms with Crippen molar-refractivity contribution in [3.05, 3.63) is 59.4 Å². The van der Waals surface area contributed by atoms with E-state index < -0.39 is 17.8 Å². The highest BCUT2D eigenvalue weighted by Crippen LogP contribution is 2.30. The van der Waals surface area contributed by atoms with Crippen LogP contribution >= 0.6 is 0 Å². The van der Waals surface area contributed by atoms with Gasteiger partial charge in [-0.1, -0.05) is 18.2 Å². The number of esters is 1. The molecule has 2 aliphatic heterocycles. The van der Waals surface area contributed by atoms with Crippen molar-refractivity contribution in [2.45, 2.75) is 19.0 Å². The van der Waals surface area contributed by atoms with Crippen LogP contribution in [0.2, 0.25) is 0 Å². The molecule has 11 heteroatoms. The zero-order chi connectivity index (χ0) is 23.4. The van der Waals surface area contributed by atoms with E-state index in [1.807, 2.05) is 12.1 Å². The molecular weight excluding hydrogens is 441 g/mol. The Morgan fingerprint density at radius 3 is 2.42 bits per heavy atom. The SMILES string of the molecule is O=C1OC(=CCCCOC(=O)N2CCN(c3ncc(C(F)(F)F)cn3)CC2)c2ccccc21. The highest BCUT2D eigenvalue weighted by atomic mass is 19.4. The standard InChI is InChI=1S/C22H21F3N4O4/c23-22(24,25)15-13-26-20(27-14-15)28-8-10-29(11-9-28)21(31)32-12-4-3-7-18-16-5-1-2-6-17(16)19(30)33-18/h1-2,5-7,13-14H,3-4,8-12H2. The van der Waals surface area contributed by atoms with Crippen LogP contribution in [0.4, 0.5) is 23.9 Å². The van der Waals surface area contributed by atoms with Crippen molar-refractivity contribution in [2.75, 3.05) is 37.7 Å². The van der Waals surface area contributed by atoms with E-state index in [9.17, 15) is 22.8 Å². The van der Waals surface area contributed by atoms with E-state index in [-0.39, 0.29) is 18.5 Å². The van der Waals surface area contributed by atoms with Gasteiger partial charge in [-0.2, -0.15) is 13.2 Å². The third-order valence-electron chi connectivity index (χ3n) is 5.31. The van der Waals surface area contributed by atoms with Crippen LogP contribution in [0.5, 0.6) is 0 Å². The van der Waals surface area contributed by atoms with Crippen molar-refractivity contribution in [1.82, 2.24) is 14.9 Å². The number of alkyl halides is 3. The molecule has 0 aliphatic carbocycles. The minimum absolute atomic E-state index is 0.193. The molecule has 0 N–H and O–H groups in total. The van der Waals surface area contributed by atoms with E-state index in [4.69, 9.17) is 9.47 Å². The smallest absolute Gasteiger partial charge is 0.419 e.